The molecule has 0 atom stereocenters. The summed E-state index contributed by atoms with van der Waals surface area (Å²) >= 11 is 0. The van der Waals surface area contributed by atoms with E-state index < -0.39 is 11.9 Å². The minimum Gasteiger partial charge on any atom is -0.247 e. The van der Waals surface area contributed by atoms with Gasteiger partial charge < -0.3 is 0 Å². The normalized spacial score (nSPS) is 10.1. The molecular weight excluding hydrogens is 256 g/mol. The van der Waals surface area contributed by atoms with Crippen LogP contribution >= 0.6 is 0 Å². The van der Waals surface area contributed by atoms with E-state index in [1.807, 2.05) is 0 Å². The van der Waals surface area contributed by atoms with E-state index in [9.17, 15) is 9.59 Å². The zero-order valence-electron chi connectivity index (χ0n) is 12.9. The summed E-state index contributed by atoms with van der Waals surface area (Å²) in [6.45, 7) is 7.10. The standard InChI is InChI=1S/C16H28O4/c1-4-5-6-7-8-9-10-11-12-13-15(17)19-20-16(18)14(2)3/h2,4-13H2,1,3H3. The quantitative estimate of drug-likeness (QED) is 0.243. The van der Waals surface area contributed by atoms with Crippen molar-refractivity contribution < 1.29 is 19.4 Å². The molecule has 20 heavy (non-hydrogen) atoms. The number of carbonyl (C=O) groups excluding carboxylic acids is 2. The molecule has 4 heteroatoms. The fourth-order valence-electron chi connectivity index (χ4n) is 1.78. The summed E-state index contributed by atoms with van der Waals surface area (Å²) in [4.78, 5) is 30.9. The van der Waals surface area contributed by atoms with Crippen molar-refractivity contribution in [3.8, 4) is 0 Å². The third-order valence-electron chi connectivity index (χ3n) is 3.04. The number of rotatable bonds is 11. The van der Waals surface area contributed by atoms with Gasteiger partial charge in [0, 0.05) is 5.57 Å². The van der Waals surface area contributed by atoms with Crippen molar-refractivity contribution in [1.82, 2.24) is 0 Å². The molecule has 0 fully saturated rings. The Kier molecular flexibility index (Phi) is 11.9. The second-order valence-electron chi connectivity index (χ2n) is 5.18. The lowest BCUT2D eigenvalue weighted by Gasteiger charge is -2.03. The molecule has 0 aliphatic carbocycles. The van der Waals surface area contributed by atoms with Gasteiger partial charge in [-0.05, 0) is 13.3 Å². The van der Waals surface area contributed by atoms with Gasteiger partial charge in [-0.15, -0.1) is 0 Å². The molecule has 0 N–H and O–H groups in total. The SMILES string of the molecule is C=C(C)C(=O)OOC(=O)CCCCCCCCCCC. The summed E-state index contributed by atoms with van der Waals surface area (Å²) in [6, 6.07) is 0. The van der Waals surface area contributed by atoms with Gasteiger partial charge in [0.1, 0.15) is 0 Å². The summed E-state index contributed by atoms with van der Waals surface area (Å²) in [5.74, 6) is -1.20. The van der Waals surface area contributed by atoms with Crippen LogP contribution in [0, 0.1) is 0 Å². The molecule has 4 nitrogen and oxygen atoms in total. The van der Waals surface area contributed by atoms with Gasteiger partial charge in [0.05, 0.1) is 6.42 Å². The van der Waals surface area contributed by atoms with Crippen LogP contribution < -0.4 is 0 Å². The molecule has 0 rings (SSSR count). The smallest absolute Gasteiger partial charge is 0.247 e. The predicted octanol–water partition coefficient (Wildman–Crippen LogP) is 4.48. The van der Waals surface area contributed by atoms with Gasteiger partial charge >= 0.3 is 11.9 Å². The summed E-state index contributed by atoms with van der Waals surface area (Å²) in [5, 5.41) is 0. The van der Waals surface area contributed by atoms with E-state index in [4.69, 9.17) is 0 Å². The molecule has 0 saturated carbocycles. The van der Waals surface area contributed by atoms with Crippen molar-refractivity contribution in [2.45, 2.75) is 78.1 Å². The molecule has 0 aliphatic rings. The summed E-state index contributed by atoms with van der Waals surface area (Å²) < 4.78 is 0. The molecule has 0 spiro atoms. The first-order valence-corrected chi connectivity index (χ1v) is 7.65. The molecule has 0 aromatic rings. The van der Waals surface area contributed by atoms with Crippen LogP contribution in [-0.4, -0.2) is 11.9 Å². The van der Waals surface area contributed by atoms with E-state index in [2.05, 4.69) is 23.3 Å². The van der Waals surface area contributed by atoms with E-state index in [1.54, 1.807) is 0 Å². The highest BCUT2D eigenvalue weighted by molar-refractivity contribution is 5.87. The maximum atomic E-state index is 11.2. The topological polar surface area (TPSA) is 52.6 Å². The van der Waals surface area contributed by atoms with Crippen molar-refractivity contribution >= 4 is 11.9 Å². The lowest BCUT2D eigenvalue weighted by molar-refractivity contribution is -0.255. The molecule has 116 valence electrons. The first-order valence-electron chi connectivity index (χ1n) is 7.65. The minimum atomic E-state index is -0.703. The van der Waals surface area contributed by atoms with Gasteiger partial charge in [-0.2, -0.15) is 0 Å². The molecule has 0 heterocycles. The average Bonchev–Trinajstić information content (AvgIpc) is 2.42. The van der Waals surface area contributed by atoms with E-state index in [-0.39, 0.29) is 5.57 Å². The highest BCUT2D eigenvalue weighted by atomic mass is 17.2. The highest BCUT2D eigenvalue weighted by Gasteiger charge is 2.09. The number of unbranched alkanes of at least 4 members (excludes halogenated alkanes) is 8. The molecule has 0 amide bonds. The minimum absolute atomic E-state index is 0.209. The molecule has 0 bridgehead atoms. The zero-order valence-corrected chi connectivity index (χ0v) is 12.9. The summed E-state index contributed by atoms with van der Waals surface area (Å²) in [6.07, 6.45) is 11.0. The van der Waals surface area contributed by atoms with Crippen molar-refractivity contribution in [2.24, 2.45) is 0 Å². The Balaban J connectivity index is 3.31. The Morgan fingerprint density at radius 1 is 0.850 bits per heavy atom. The molecule has 0 aliphatic heterocycles. The van der Waals surface area contributed by atoms with E-state index in [1.165, 1.54) is 45.4 Å². The van der Waals surface area contributed by atoms with E-state index in [0.717, 1.165) is 19.3 Å². The van der Waals surface area contributed by atoms with Gasteiger partial charge in [0.25, 0.3) is 0 Å². The first kappa shape index (κ1) is 18.7. The molecule has 0 saturated heterocycles. The second-order valence-corrected chi connectivity index (χ2v) is 5.18. The van der Waals surface area contributed by atoms with Crippen LogP contribution in [0.4, 0.5) is 0 Å². The number of hydrogen-bond acceptors (Lipinski definition) is 4. The van der Waals surface area contributed by atoms with Crippen LogP contribution in [0.1, 0.15) is 78.1 Å². The Morgan fingerprint density at radius 2 is 1.35 bits per heavy atom. The Morgan fingerprint density at radius 3 is 1.85 bits per heavy atom. The third kappa shape index (κ3) is 11.8. The van der Waals surface area contributed by atoms with Gasteiger partial charge in [0.15, 0.2) is 0 Å². The first-order chi connectivity index (χ1) is 9.57. The van der Waals surface area contributed by atoms with Crippen LogP contribution in [-0.2, 0) is 19.4 Å². The summed E-state index contributed by atoms with van der Waals surface area (Å²) in [5.41, 5.74) is 0.209. The predicted molar refractivity (Wildman–Crippen MR) is 78.8 cm³/mol. The van der Waals surface area contributed by atoms with Crippen LogP contribution in [0.2, 0.25) is 0 Å². The van der Waals surface area contributed by atoms with Crippen LogP contribution in [0.15, 0.2) is 12.2 Å². The molecular formula is C16H28O4. The highest BCUT2D eigenvalue weighted by Crippen LogP contribution is 2.10. The largest absolute Gasteiger partial charge is 0.381 e. The third-order valence-corrected chi connectivity index (χ3v) is 3.04. The number of hydrogen-bond donors (Lipinski definition) is 0. The Labute approximate surface area is 122 Å². The van der Waals surface area contributed by atoms with Crippen LogP contribution in [0.25, 0.3) is 0 Å². The monoisotopic (exact) mass is 284 g/mol. The van der Waals surface area contributed by atoms with Crippen LogP contribution in [0.5, 0.6) is 0 Å². The number of carbonyl (C=O) groups is 2. The average molecular weight is 284 g/mol. The zero-order chi connectivity index (χ0) is 15.2. The molecule has 0 aromatic carbocycles. The summed E-state index contributed by atoms with van der Waals surface area (Å²) in [7, 11) is 0. The van der Waals surface area contributed by atoms with Gasteiger partial charge in [0.2, 0.25) is 0 Å². The van der Waals surface area contributed by atoms with E-state index in [0.29, 0.717) is 6.42 Å². The maximum Gasteiger partial charge on any atom is 0.381 e. The lowest BCUT2D eigenvalue weighted by atomic mass is 10.1. The Bertz CT molecular complexity index is 297. The second kappa shape index (κ2) is 12.7. The van der Waals surface area contributed by atoms with Gasteiger partial charge in [-0.25, -0.2) is 19.4 Å². The molecule has 0 aromatic heterocycles. The van der Waals surface area contributed by atoms with Crippen molar-refractivity contribution in [3.05, 3.63) is 12.2 Å². The van der Waals surface area contributed by atoms with Crippen LogP contribution in [0.3, 0.4) is 0 Å². The maximum absolute atomic E-state index is 11.2. The van der Waals surface area contributed by atoms with E-state index >= 15 is 0 Å². The molecule has 0 unspecified atom stereocenters. The fraction of sp³-hybridized carbons (Fsp3) is 0.750. The van der Waals surface area contributed by atoms with Crippen molar-refractivity contribution in [3.63, 3.8) is 0 Å². The van der Waals surface area contributed by atoms with Crippen molar-refractivity contribution in [1.29, 1.82) is 0 Å². The van der Waals surface area contributed by atoms with Gasteiger partial charge in [-0.1, -0.05) is 64.9 Å². The van der Waals surface area contributed by atoms with Gasteiger partial charge in [-0.3, -0.25) is 0 Å². The van der Waals surface area contributed by atoms with Crippen molar-refractivity contribution in [2.75, 3.05) is 0 Å². The fourth-order valence-corrected chi connectivity index (χ4v) is 1.78. The Hall–Kier alpha value is -1.32. The molecule has 0 radical (unpaired) electrons. The lowest BCUT2D eigenvalue weighted by Crippen LogP contribution is -2.11.